The molecule has 1 fully saturated rings. The van der Waals surface area contributed by atoms with Crippen LogP contribution in [0.1, 0.15) is 54.6 Å². The number of rotatable bonds is 6. The van der Waals surface area contributed by atoms with E-state index >= 15 is 8.78 Å². The Hall–Kier alpha value is -3.65. The van der Waals surface area contributed by atoms with Gasteiger partial charge in [-0.2, -0.15) is 5.26 Å². The van der Waals surface area contributed by atoms with E-state index in [-0.39, 0.29) is 27.6 Å². The number of carbonyl (C=O) groups is 2. The highest BCUT2D eigenvalue weighted by Gasteiger charge is 2.61. The predicted octanol–water partition coefficient (Wildman–Crippen LogP) is 7.21. The molecule has 0 bridgehead atoms. The van der Waals surface area contributed by atoms with Gasteiger partial charge in [0.05, 0.1) is 28.4 Å². The van der Waals surface area contributed by atoms with E-state index in [4.69, 9.17) is 28.3 Å². The van der Waals surface area contributed by atoms with Crippen LogP contribution in [0.25, 0.3) is 0 Å². The number of halogens is 6. The zero-order valence-electron chi connectivity index (χ0n) is 22.5. The van der Waals surface area contributed by atoms with E-state index < -0.39 is 75.2 Å². The summed E-state index contributed by atoms with van der Waals surface area (Å²) in [5.74, 6) is -8.52. The number of anilines is 1. The van der Waals surface area contributed by atoms with Gasteiger partial charge in [-0.25, -0.2) is 22.4 Å². The summed E-state index contributed by atoms with van der Waals surface area (Å²) in [6.07, 6.45) is 0.196. The number of benzene rings is 3. The van der Waals surface area contributed by atoms with Crippen LogP contribution in [0.2, 0.25) is 10.0 Å². The lowest BCUT2D eigenvalue weighted by atomic mass is 9.62. The predicted molar refractivity (Wildman–Crippen MR) is 150 cm³/mol. The number of amides is 1. The first kappa shape index (κ1) is 31.3. The first-order valence-corrected chi connectivity index (χ1v) is 13.5. The van der Waals surface area contributed by atoms with Gasteiger partial charge < -0.3 is 15.7 Å². The molecule has 3 N–H and O–H groups in total. The van der Waals surface area contributed by atoms with Gasteiger partial charge in [-0.05, 0) is 41.7 Å². The Balaban J connectivity index is 1.95. The number of nitriles is 1. The van der Waals surface area contributed by atoms with Gasteiger partial charge in [0.1, 0.15) is 28.7 Å². The summed E-state index contributed by atoms with van der Waals surface area (Å²) in [7, 11) is 0. The Kier molecular flexibility index (Phi) is 8.61. The van der Waals surface area contributed by atoms with Gasteiger partial charge in [-0.3, -0.25) is 4.79 Å². The molecule has 0 aromatic heterocycles. The van der Waals surface area contributed by atoms with E-state index in [1.165, 1.54) is 30.3 Å². The normalized spacial score (nSPS) is 22.0. The van der Waals surface area contributed by atoms with Gasteiger partial charge in [0.15, 0.2) is 0 Å². The van der Waals surface area contributed by atoms with Crippen LogP contribution >= 0.6 is 23.2 Å². The number of nitrogens with one attached hydrogen (secondary N) is 2. The van der Waals surface area contributed by atoms with Crippen LogP contribution in [0.5, 0.6) is 0 Å². The third kappa shape index (κ3) is 5.69. The molecule has 1 saturated heterocycles. The largest absolute Gasteiger partial charge is 0.478 e. The topological polar surface area (TPSA) is 102 Å². The summed E-state index contributed by atoms with van der Waals surface area (Å²) in [6, 6.07) is 8.29. The monoisotopic (exact) mass is 621 g/mol. The van der Waals surface area contributed by atoms with Crippen molar-refractivity contribution in [3.05, 3.63) is 98.5 Å². The lowest BCUT2D eigenvalue weighted by Crippen LogP contribution is -2.45. The van der Waals surface area contributed by atoms with E-state index in [1.54, 1.807) is 0 Å². The SMILES string of the molecule is CC(C)(C)C[C@@H]1N[C@@H](C(=O)Nc2cc(F)c(C(=O)O)cc2F)[C@H](c2cccc(Cl)c2F)[C@@]1(C#N)c1ccc(Cl)cc1F. The van der Waals surface area contributed by atoms with Crippen molar-refractivity contribution in [3.63, 3.8) is 0 Å². The zero-order chi connectivity index (χ0) is 31.1. The molecule has 1 aliphatic heterocycles. The number of hydrogen-bond donors (Lipinski definition) is 3. The molecule has 1 amide bonds. The van der Waals surface area contributed by atoms with Gasteiger partial charge >= 0.3 is 5.97 Å². The highest BCUT2D eigenvalue weighted by molar-refractivity contribution is 6.31. The lowest BCUT2D eigenvalue weighted by Gasteiger charge is -2.37. The van der Waals surface area contributed by atoms with Gasteiger partial charge in [0.2, 0.25) is 5.91 Å². The Morgan fingerprint density at radius 2 is 1.74 bits per heavy atom. The highest BCUT2D eigenvalue weighted by Crippen LogP contribution is 2.53. The summed E-state index contributed by atoms with van der Waals surface area (Å²) in [5.41, 5.74) is -4.39. The van der Waals surface area contributed by atoms with E-state index in [1.807, 2.05) is 20.8 Å². The second-order valence-electron chi connectivity index (χ2n) is 11.3. The Morgan fingerprint density at radius 3 is 2.33 bits per heavy atom. The average molecular weight is 622 g/mol. The quantitative estimate of drug-likeness (QED) is 0.252. The van der Waals surface area contributed by atoms with Crippen LogP contribution in [0.4, 0.5) is 23.2 Å². The Morgan fingerprint density at radius 1 is 1.05 bits per heavy atom. The van der Waals surface area contributed by atoms with Crippen LogP contribution < -0.4 is 10.6 Å². The zero-order valence-corrected chi connectivity index (χ0v) is 24.0. The minimum absolute atomic E-state index is 0.0461. The fourth-order valence-corrected chi connectivity index (χ4v) is 5.91. The summed E-state index contributed by atoms with van der Waals surface area (Å²) in [5, 5.41) is 24.9. The van der Waals surface area contributed by atoms with Crippen molar-refractivity contribution in [2.75, 3.05) is 5.32 Å². The van der Waals surface area contributed by atoms with Gasteiger partial charge in [0, 0.05) is 28.6 Å². The molecule has 220 valence electrons. The lowest BCUT2D eigenvalue weighted by molar-refractivity contribution is -0.118. The number of aromatic carboxylic acids is 1. The summed E-state index contributed by atoms with van der Waals surface area (Å²) in [4.78, 5) is 25.0. The van der Waals surface area contributed by atoms with Crippen LogP contribution in [0.3, 0.4) is 0 Å². The maximum atomic E-state index is 15.7. The highest BCUT2D eigenvalue weighted by atomic mass is 35.5. The minimum atomic E-state index is -1.92. The van der Waals surface area contributed by atoms with Crippen LogP contribution in [-0.4, -0.2) is 29.1 Å². The number of carboxylic acid groups (broad SMARTS) is 1. The third-order valence-corrected chi connectivity index (χ3v) is 7.80. The summed E-state index contributed by atoms with van der Waals surface area (Å²) in [6.45, 7) is 5.58. The molecule has 4 atom stereocenters. The molecule has 0 aliphatic carbocycles. The Bertz CT molecular complexity index is 1620. The second kappa shape index (κ2) is 11.6. The molecule has 42 heavy (non-hydrogen) atoms. The molecule has 0 spiro atoms. The van der Waals surface area contributed by atoms with Crippen molar-refractivity contribution in [1.82, 2.24) is 5.32 Å². The molecular formula is C30H25Cl2F4N3O3. The maximum Gasteiger partial charge on any atom is 0.338 e. The number of carboxylic acids is 1. The van der Waals surface area contributed by atoms with Crippen molar-refractivity contribution in [3.8, 4) is 6.07 Å². The van der Waals surface area contributed by atoms with Crippen LogP contribution in [-0.2, 0) is 10.2 Å². The molecule has 6 nitrogen and oxygen atoms in total. The van der Waals surface area contributed by atoms with Gasteiger partial charge in [-0.15, -0.1) is 0 Å². The molecule has 0 saturated carbocycles. The average Bonchev–Trinajstić information content (AvgIpc) is 3.20. The van der Waals surface area contributed by atoms with E-state index in [0.29, 0.717) is 12.1 Å². The molecule has 4 rings (SSSR count). The Labute approximate surface area is 249 Å². The minimum Gasteiger partial charge on any atom is -0.478 e. The molecule has 3 aromatic rings. The maximum absolute atomic E-state index is 15.7. The molecule has 1 heterocycles. The first-order valence-electron chi connectivity index (χ1n) is 12.7. The van der Waals surface area contributed by atoms with Crippen molar-refractivity contribution >= 4 is 40.8 Å². The smallest absolute Gasteiger partial charge is 0.338 e. The molecule has 1 aliphatic rings. The van der Waals surface area contributed by atoms with Crippen LogP contribution in [0.15, 0.2) is 48.5 Å². The third-order valence-electron chi connectivity index (χ3n) is 7.28. The number of nitrogens with zero attached hydrogens (tertiary/aromatic N) is 1. The summed E-state index contributed by atoms with van der Waals surface area (Å²) >= 11 is 12.1. The number of hydrogen-bond acceptors (Lipinski definition) is 4. The standard InChI is InChI=1S/C30H25Cl2F4N3O3/c1-29(2,3)12-23-30(13-37,17-8-7-14(31)9-20(17)34)24(15-5-4-6-18(32)25(15)36)26(39-23)27(40)38-22-11-19(33)16(28(41)42)10-21(22)35/h4-11,23-24,26,39H,12H2,1-3H3,(H,38,40)(H,41,42)/t23-,24-,26+,30-/m0/s1. The molecule has 0 unspecified atom stereocenters. The number of carbonyl (C=O) groups excluding carboxylic acids is 1. The van der Waals surface area contributed by atoms with Crippen molar-refractivity contribution in [2.24, 2.45) is 5.41 Å². The molecular weight excluding hydrogens is 597 g/mol. The summed E-state index contributed by atoms with van der Waals surface area (Å²) < 4.78 is 60.5. The van der Waals surface area contributed by atoms with Crippen molar-refractivity contribution in [2.45, 2.75) is 50.6 Å². The fourth-order valence-electron chi connectivity index (χ4n) is 5.57. The molecule has 3 aromatic carbocycles. The van der Waals surface area contributed by atoms with E-state index in [2.05, 4.69) is 16.7 Å². The second-order valence-corrected chi connectivity index (χ2v) is 12.1. The molecule has 12 heteroatoms. The van der Waals surface area contributed by atoms with Gasteiger partial charge in [-0.1, -0.05) is 62.2 Å². The van der Waals surface area contributed by atoms with Crippen LogP contribution in [0, 0.1) is 40.0 Å². The first-order chi connectivity index (χ1) is 19.6. The molecule has 0 radical (unpaired) electrons. The fraction of sp³-hybridized carbons (Fsp3) is 0.300. The van der Waals surface area contributed by atoms with Crippen molar-refractivity contribution < 1.29 is 32.3 Å². The van der Waals surface area contributed by atoms with Gasteiger partial charge in [0.25, 0.3) is 0 Å². The van der Waals surface area contributed by atoms with Crippen molar-refractivity contribution in [1.29, 1.82) is 5.26 Å². The van der Waals surface area contributed by atoms with E-state index in [0.717, 1.165) is 6.07 Å². The van der Waals surface area contributed by atoms with E-state index in [9.17, 15) is 23.6 Å².